The zero-order chi connectivity index (χ0) is 13.3. The molecule has 1 aliphatic heterocycles. The molecule has 1 aromatic rings. The molecule has 98 valence electrons. The van der Waals surface area contributed by atoms with Gasteiger partial charge in [0.05, 0.1) is 15.6 Å². The summed E-state index contributed by atoms with van der Waals surface area (Å²) < 4.78 is 0. The van der Waals surface area contributed by atoms with E-state index in [0.717, 1.165) is 18.0 Å². The van der Waals surface area contributed by atoms with Gasteiger partial charge >= 0.3 is 0 Å². The Hall–Kier alpha value is -0.940. The maximum Gasteiger partial charge on any atom is 0.271 e. The van der Waals surface area contributed by atoms with E-state index in [4.69, 9.17) is 11.6 Å². The van der Waals surface area contributed by atoms with Crippen molar-refractivity contribution in [1.29, 1.82) is 0 Å². The van der Waals surface area contributed by atoms with Gasteiger partial charge in [-0.15, -0.1) is 0 Å². The fourth-order valence-corrected chi connectivity index (χ4v) is 3.50. The molecule has 0 radical (unpaired) electrons. The molecular weight excluding hydrogens is 272 g/mol. The Morgan fingerprint density at radius 1 is 1.50 bits per heavy atom. The number of thioether (sulfide) groups is 1. The summed E-state index contributed by atoms with van der Waals surface area (Å²) in [6.45, 7) is 5.28. The first kappa shape index (κ1) is 13.5. The Balaban J connectivity index is 2.30. The number of nitro groups is 1. The molecule has 2 rings (SSSR count). The highest BCUT2D eigenvalue weighted by molar-refractivity contribution is 8.00. The van der Waals surface area contributed by atoms with Crippen molar-refractivity contribution in [3.8, 4) is 0 Å². The Kier molecular flexibility index (Phi) is 4.02. The SMILES string of the molecule is CC1SCCN(c2ccc([N+](=O)[O-])cc2Cl)C1C. The van der Waals surface area contributed by atoms with Gasteiger partial charge in [-0.3, -0.25) is 10.1 Å². The molecular formula is C12H15ClN2O2S. The van der Waals surface area contributed by atoms with E-state index in [0.29, 0.717) is 16.3 Å². The summed E-state index contributed by atoms with van der Waals surface area (Å²) in [5, 5.41) is 11.7. The molecule has 0 N–H and O–H groups in total. The van der Waals surface area contributed by atoms with Gasteiger partial charge in [0.1, 0.15) is 0 Å². The lowest BCUT2D eigenvalue weighted by molar-refractivity contribution is -0.384. The topological polar surface area (TPSA) is 46.4 Å². The highest BCUT2D eigenvalue weighted by Crippen LogP contribution is 2.35. The fourth-order valence-electron chi connectivity index (χ4n) is 2.12. The zero-order valence-corrected chi connectivity index (χ0v) is 11.9. The van der Waals surface area contributed by atoms with Crippen LogP contribution in [0, 0.1) is 10.1 Å². The van der Waals surface area contributed by atoms with Gasteiger partial charge in [-0.25, -0.2) is 0 Å². The van der Waals surface area contributed by atoms with Crippen molar-refractivity contribution in [2.24, 2.45) is 0 Å². The number of hydrogen-bond donors (Lipinski definition) is 0. The van der Waals surface area contributed by atoms with Gasteiger partial charge in [0.15, 0.2) is 0 Å². The van der Waals surface area contributed by atoms with Gasteiger partial charge in [0, 0.05) is 35.7 Å². The summed E-state index contributed by atoms with van der Waals surface area (Å²) in [6.07, 6.45) is 0. The second-order valence-corrected chi connectivity index (χ2v) is 6.30. The van der Waals surface area contributed by atoms with Crippen LogP contribution < -0.4 is 4.90 Å². The summed E-state index contributed by atoms with van der Waals surface area (Å²) in [4.78, 5) is 12.5. The molecule has 1 heterocycles. The summed E-state index contributed by atoms with van der Waals surface area (Å²) in [5.74, 6) is 1.05. The molecule has 0 aliphatic carbocycles. The van der Waals surface area contributed by atoms with Crippen molar-refractivity contribution in [2.45, 2.75) is 25.1 Å². The van der Waals surface area contributed by atoms with Crippen LogP contribution in [0.15, 0.2) is 18.2 Å². The minimum absolute atomic E-state index is 0.0378. The average Bonchev–Trinajstić information content (AvgIpc) is 2.33. The van der Waals surface area contributed by atoms with E-state index in [1.807, 2.05) is 11.8 Å². The number of benzene rings is 1. The number of nitro benzene ring substituents is 1. The third-order valence-corrected chi connectivity index (χ3v) is 4.98. The predicted octanol–water partition coefficient (Wildman–Crippen LogP) is 3.58. The van der Waals surface area contributed by atoms with E-state index in [1.54, 1.807) is 6.07 Å². The summed E-state index contributed by atoms with van der Waals surface area (Å²) >= 11 is 8.11. The third-order valence-electron chi connectivity index (χ3n) is 3.34. The number of hydrogen-bond acceptors (Lipinski definition) is 4. The monoisotopic (exact) mass is 286 g/mol. The Labute approximate surface area is 115 Å². The standard InChI is InChI=1S/C12H15ClN2O2S/c1-8-9(2)18-6-5-14(8)12-4-3-10(15(16)17)7-11(12)13/h3-4,7-9H,5-6H2,1-2H3. The maximum absolute atomic E-state index is 10.7. The average molecular weight is 287 g/mol. The normalized spacial score (nSPS) is 24.1. The first-order valence-corrected chi connectivity index (χ1v) is 7.25. The lowest BCUT2D eigenvalue weighted by Crippen LogP contribution is -2.44. The number of non-ortho nitro benzene ring substituents is 1. The van der Waals surface area contributed by atoms with Crippen LogP contribution >= 0.6 is 23.4 Å². The highest BCUT2D eigenvalue weighted by Gasteiger charge is 2.27. The minimum Gasteiger partial charge on any atom is -0.366 e. The van der Waals surface area contributed by atoms with Crippen LogP contribution in [0.2, 0.25) is 5.02 Å². The molecule has 1 fully saturated rings. The number of halogens is 1. The van der Waals surface area contributed by atoms with Crippen LogP contribution in [0.1, 0.15) is 13.8 Å². The zero-order valence-electron chi connectivity index (χ0n) is 10.3. The van der Waals surface area contributed by atoms with E-state index >= 15 is 0 Å². The van der Waals surface area contributed by atoms with Crippen molar-refractivity contribution in [3.63, 3.8) is 0 Å². The Bertz CT molecular complexity index is 469. The van der Waals surface area contributed by atoms with E-state index in [9.17, 15) is 10.1 Å². The third kappa shape index (κ3) is 2.57. The molecule has 2 unspecified atom stereocenters. The van der Waals surface area contributed by atoms with E-state index in [-0.39, 0.29) is 5.69 Å². The van der Waals surface area contributed by atoms with Crippen molar-refractivity contribution < 1.29 is 4.92 Å². The van der Waals surface area contributed by atoms with Crippen LogP contribution in [0.5, 0.6) is 0 Å². The van der Waals surface area contributed by atoms with Crippen LogP contribution in [0.3, 0.4) is 0 Å². The largest absolute Gasteiger partial charge is 0.366 e. The highest BCUT2D eigenvalue weighted by atomic mass is 35.5. The van der Waals surface area contributed by atoms with Crippen molar-refractivity contribution in [2.75, 3.05) is 17.2 Å². The first-order valence-electron chi connectivity index (χ1n) is 5.83. The molecule has 1 saturated heterocycles. The summed E-state index contributed by atoms with van der Waals surface area (Å²) in [6, 6.07) is 5.07. The van der Waals surface area contributed by atoms with Crippen LogP contribution in [-0.2, 0) is 0 Å². The van der Waals surface area contributed by atoms with Gasteiger partial charge in [0.25, 0.3) is 5.69 Å². The second-order valence-electron chi connectivity index (χ2n) is 4.40. The van der Waals surface area contributed by atoms with Crippen LogP contribution in [0.25, 0.3) is 0 Å². The van der Waals surface area contributed by atoms with E-state index < -0.39 is 4.92 Å². The first-order chi connectivity index (χ1) is 8.50. The van der Waals surface area contributed by atoms with Gasteiger partial charge in [-0.05, 0) is 13.0 Å². The lowest BCUT2D eigenvalue weighted by atomic mass is 10.1. The molecule has 1 aromatic carbocycles. The molecule has 0 amide bonds. The molecule has 4 nitrogen and oxygen atoms in total. The van der Waals surface area contributed by atoms with Crippen LogP contribution in [0.4, 0.5) is 11.4 Å². The molecule has 6 heteroatoms. The maximum atomic E-state index is 10.7. The Morgan fingerprint density at radius 2 is 2.22 bits per heavy atom. The predicted molar refractivity (Wildman–Crippen MR) is 76.8 cm³/mol. The smallest absolute Gasteiger partial charge is 0.271 e. The molecule has 2 atom stereocenters. The van der Waals surface area contributed by atoms with Gasteiger partial charge in [0.2, 0.25) is 0 Å². The molecule has 0 bridgehead atoms. The minimum atomic E-state index is -0.423. The number of rotatable bonds is 2. The van der Waals surface area contributed by atoms with Crippen molar-refractivity contribution in [1.82, 2.24) is 0 Å². The Morgan fingerprint density at radius 3 is 2.83 bits per heavy atom. The van der Waals surface area contributed by atoms with Crippen molar-refractivity contribution in [3.05, 3.63) is 33.3 Å². The molecule has 0 spiro atoms. The van der Waals surface area contributed by atoms with Crippen LogP contribution in [-0.4, -0.2) is 28.5 Å². The fraction of sp³-hybridized carbons (Fsp3) is 0.500. The van der Waals surface area contributed by atoms with Gasteiger partial charge in [-0.2, -0.15) is 11.8 Å². The summed E-state index contributed by atoms with van der Waals surface area (Å²) in [7, 11) is 0. The van der Waals surface area contributed by atoms with E-state index in [1.165, 1.54) is 12.1 Å². The number of anilines is 1. The molecule has 1 aliphatic rings. The quantitative estimate of drug-likeness (QED) is 0.616. The lowest BCUT2D eigenvalue weighted by Gasteiger charge is -2.39. The summed E-state index contributed by atoms with van der Waals surface area (Å²) in [5.41, 5.74) is 0.928. The number of nitrogens with zero attached hydrogens (tertiary/aromatic N) is 2. The van der Waals surface area contributed by atoms with E-state index in [2.05, 4.69) is 18.7 Å². The second kappa shape index (κ2) is 5.36. The van der Waals surface area contributed by atoms with Gasteiger partial charge in [-0.1, -0.05) is 18.5 Å². The van der Waals surface area contributed by atoms with Gasteiger partial charge < -0.3 is 4.90 Å². The van der Waals surface area contributed by atoms with Crippen molar-refractivity contribution >= 4 is 34.7 Å². The molecule has 18 heavy (non-hydrogen) atoms. The molecule has 0 aromatic heterocycles. The molecule has 0 saturated carbocycles.